The number of rotatable bonds is 5. The SMILES string of the molecule is CCOC(=O)[C@@H]1CCCN(C(=O)Cn2c(C)c([N+](=O)[O-])ccc2=O)C1. The Morgan fingerprint density at radius 2 is 2.12 bits per heavy atom. The van der Waals surface area contributed by atoms with Crippen LogP contribution in [0.3, 0.4) is 0 Å². The summed E-state index contributed by atoms with van der Waals surface area (Å²) in [6.45, 7) is 3.87. The molecule has 1 fully saturated rings. The van der Waals surface area contributed by atoms with Crippen molar-refractivity contribution in [2.24, 2.45) is 5.92 Å². The van der Waals surface area contributed by atoms with Gasteiger partial charge in [-0.15, -0.1) is 0 Å². The topological polar surface area (TPSA) is 112 Å². The van der Waals surface area contributed by atoms with Gasteiger partial charge in [0.05, 0.1) is 23.1 Å². The summed E-state index contributed by atoms with van der Waals surface area (Å²) in [6.07, 6.45) is 1.32. The zero-order valence-corrected chi connectivity index (χ0v) is 14.3. The van der Waals surface area contributed by atoms with Gasteiger partial charge >= 0.3 is 5.97 Å². The van der Waals surface area contributed by atoms with Crippen LogP contribution in [-0.4, -0.2) is 46.0 Å². The molecule has 0 aliphatic carbocycles. The van der Waals surface area contributed by atoms with Crippen LogP contribution in [0.2, 0.25) is 0 Å². The summed E-state index contributed by atoms with van der Waals surface area (Å²) >= 11 is 0. The second-order valence-corrected chi connectivity index (χ2v) is 5.92. The van der Waals surface area contributed by atoms with Gasteiger partial charge in [0.2, 0.25) is 5.91 Å². The lowest BCUT2D eigenvalue weighted by atomic mass is 9.98. The van der Waals surface area contributed by atoms with E-state index in [1.165, 1.54) is 11.8 Å². The highest BCUT2D eigenvalue weighted by Gasteiger charge is 2.30. The average Bonchev–Trinajstić information content (AvgIpc) is 2.58. The van der Waals surface area contributed by atoms with Crippen molar-refractivity contribution < 1.29 is 19.2 Å². The molecule has 0 radical (unpaired) electrons. The van der Waals surface area contributed by atoms with Crippen molar-refractivity contribution in [3.05, 3.63) is 38.3 Å². The van der Waals surface area contributed by atoms with E-state index in [1.54, 1.807) is 6.92 Å². The van der Waals surface area contributed by atoms with Gasteiger partial charge in [-0.3, -0.25) is 29.1 Å². The van der Waals surface area contributed by atoms with Gasteiger partial charge < -0.3 is 9.64 Å². The zero-order chi connectivity index (χ0) is 18.6. The summed E-state index contributed by atoms with van der Waals surface area (Å²) in [5, 5.41) is 11.0. The Morgan fingerprint density at radius 3 is 2.76 bits per heavy atom. The van der Waals surface area contributed by atoms with E-state index in [0.29, 0.717) is 19.4 Å². The number of hydrogen-bond acceptors (Lipinski definition) is 6. The second-order valence-electron chi connectivity index (χ2n) is 5.92. The van der Waals surface area contributed by atoms with E-state index in [2.05, 4.69) is 0 Å². The van der Waals surface area contributed by atoms with Crippen molar-refractivity contribution in [2.75, 3.05) is 19.7 Å². The number of ether oxygens (including phenoxy) is 1. The van der Waals surface area contributed by atoms with Gasteiger partial charge in [0, 0.05) is 25.2 Å². The van der Waals surface area contributed by atoms with Gasteiger partial charge in [0.15, 0.2) is 0 Å². The highest BCUT2D eigenvalue weighted by atomic mass is 16.6. The van der Waals surface area contributed by atoms with Gasteiger partial charge in [0.25, 0.3) is 11.2 Å². The fraction of sp³-hybridized carbons (Fsp3) is 0.562. The molecule has 1 aromatic rings. The molecule has 1 aliphatic rings. The van der Waals surface area contributed by atoms with Crippen molar-refractivity contribution in [1.29, 1.82) is 0 Å². The summed E-state index contributed by atoms with van der Waals surface area (Å²) in [6, 6.07) is 2.21. The van der Waals surface area contributed by atoms with Crippen LogP contribution < -0.4 is 5.56 Å². The third-order valence-electron chi connectivity index (χ3n) is 4.31. The van der Waals surface area contributed by atoms with Crippen molar-refractivity contribution in [2.45, 2.75) is 33.2 Å². The number of amides is 1. The first-order valence-electron chi connectivity index (χ1n) is 8.14. The van der Waals surface area contributed by atoms with E-state index >= 15 is 0 Å². The lowest BCUT2D eigenvalue weighted by Gasteiger charge is -2.31. The highest BCUT2D eigenvalue weighted by molar-refractivity contribution is 5.78. The van der Waals surface area contributed by atoms with E-state index in [9.17, 15) is 24.5 Å². The normalized spacial score (nSPS) is 17.2. The van der Waals surface area contributed by atoms with Crippen molar-refractivity contribution in [3.8, 4) is 0 Å². The van der Waals surface area contributed by atoms with Crippen LogP contribution in [0.15, 0.2) is 16.9 Å². The van der Waals surface area contributed by atoms with E-state index in [1.807, 2.05) is 0 Å². The number of nitro groups is 1. The maximum absolute atomic E-state index is 12.5. The number of piperidine rings is 1. The minimum absolute atomic E-state index is 0.129. The number of pyridine rings is 1. The number of carbonyl (C=O) groups excluding carboxylic acids is 2. The van der Waals surface area contributed by atoms with Gasteiger partial charge in [0.1, 0.15) is 6.54 Å². The molecule has 0 unspecified atom stereocenters. The van der Waals surface area contributed by atoms with Gasteiger partial charge in [-0.05, 0) is 26.7 Å². The molecule has 0 bridgehead atoms. The summed E-state index contributed by atoms with van der Waals surface area (Å²) in [5.74, 6) is -1.05. The van der Waals surface area contributed by atoms with Crippen LogP contribution in [0.4, 0.5) is 5.69 Å². The number of likely N-dealkylation sites (tertiary alicyclic amines) is 1. The molecule has 0 aromatic carbocycles. The smallest absolute Gasteiger partial charge is 0.310 e. The second kappa shape index (κ2) is 7.91. The number of nitrogens with zero attached hydrogens (tertiary/aromatic N) is 3. The largest absolute Gasteiger partial charge is 0.466 e. The maximum Gasteiger partial charge on any atom is 0.310 e. The molecule has 0 spiro atoms. The summed E-state index contributed by atoms with van der Waals surface area (Å²) in [5.41, 5.74) is -0.560. The highest BCUT2D eigenvalue weighted by Crippen LogP contribution is 2.19. The van der Waals surface area contributed by atoms with Crippen LogP contribution in [0.1, 0.15) is 25.5 Å². The molecule has 25 heavy (non-hydrogen) atoms. The Bertz CT molecular complexity index is 742. The molecule has 1 atom stereocenters. The number of aromatic nitrogens is 1. The number of esters is 1. The van der Waals surface area contributed by atoms with Crippen molar-refractivity contribution >= 4 is 17.6 Å². The molecule has 2 heterocycles. The Labute approximate surface area is 144 Å². The lowest BCUT2D eigenvalue weighted by molar-refractivity contribution is -0.386. The van der Waals surface area contributed by atoms with E-state index in [4.69, 9.17) is 4.74 Å². The first-order valence-corrected chi connectivity index (χ1v) is 8.14. The summed E-state index contributed by atoms with van der Waals surface area (Å²) in [7, 11) is 0. The first kappa shape index (κ1) is 18.6. The molecule has 1 aromatic heterocycles. The van der Waals surface area contributed by atoms with E-state index in [-0.39, 0.29) is 48.9 Å². The minimum atomic E-state index is -0.590. The van der Waals surface area contributed by atoms with Crippen molar-refractivity contribution in [3.63, 3.8) is 0 Å². The first-order chi connectivity index (χ1) is 11.8. The number of carbonyl (C=O) groups is 2. The van der Waals surface area contributed by atoms with Crippen LogP contribution in [0.25, 0.3) is 0 Å². The quantitative estimate of drug-likeness (QED) is 0.442. The van der Waals surface area contributed by atoms with Gasteiger partial charge in [-0.2, -0.15) is 0 Å². The third kappa shape index (κ3) is 4.23. The van der Waals surface area contributed by atoms with E-state index in [0.717, 1.165) is 16.7 Å². The van der Waals surface area contributed by atoms with Crippen LogP contribution in [-0.2, 0) is 20.9 Å². The molecule has 0 N–H and O–H groups in total. The molecular weight excluding hydrogens is 330 g/mol. The minimum Gasteiger partial charge on any atom is -0.466 e. The maximum atomic E-state index is 12.5. The molecular formula is C16H21N3O6. The molecule has 9 nitrogen and oxygen atoms in total. The fourth-order valence-corrected chi connectivity index (χ4v) is 2.95. The monoisotopic (exact) mass is 351 g/mol. The molecule has 9 heteroatoms. The van der Waals surface area contributed by atoms with Crippen LogP contribution in [0.5, 0.6) is 0 Å². The standard InChI is InChI=1S/C16H21N3O6/c1-3-25-16(22)12-5-4-8-17(9-12)15(21)10-18-11(2)13(19(23)24)6-7-14(18)20/h6-7,12H,3-5,8-10H2,1-2H3/t12-/m1/s1. The molecule has 1 aliphatic heterocycles. The predicted molar refractivity (Wildman–Crippen MR) is 88.0 cm³/mol. The Hall–Kier alpha value is -2.71. The van der Waals surface area contributed by atoms with Crippen LogP contribution in [0, 0.1) is 23.0 Å². The third-order valence-corrected chi connectivity index (χ3v) is 4.31. The Balaban J connectivity index is 2.14. The summed E-state index contributed by atoms with van der Waals surface area (Å²) in [4.78, 5) is 48.3. The fourth-order valence-electron chi connectivity index (χ4n) is 2.95. The Morgan fingerprint density at radius 1 is 1.40 bits per heavy atom. The Kier molecular flexibility index (Phi) is 5.89. The van der Waals surface area contributed by atoms with E-state index < -0.39 is 10.5 Å². The molecule has 136 valence electrons. The van der Waals surface area contributed by atoms with Crippen molar-refractivity contribution in [1.82, 2.24) is 9.47 Å². The average molecular weight is 351 g/mol. The molecule has 1 saturated heterocycles. The van der Waals surface area contributed by atoms with Crippen LogP contribution >= 0.6 is 0 Å². The van der Waals surface area contributed by atoms with Gasteiger partial charge in [-0.25, -0.2) is 0 Å². The predicted octanol–water partition coefficient (Wildman–Crippen LogP) is 0.867. The lowest BCUT2D eigenvalue weighted by Crippen LogP contribution is -2.45. The summed E-state index contributed by atoms with van der Waals surface area (Å²) < 4.78 is 6.09. The molecule has 2 rings (SSSR count). The molecule has 1 amide bonds. The molecule has 0 saturated carbocycles. The zero-order valence-electron chi connectivity index (χ0n) is 14.3. The van der Waals surface area contributed by atoms with Gasteiger partial charge in [-0.1, -0.05) is 0 Å². The number of hydrogen-bond donors (Lipinski definition) is 0.